The molecule has 0 spiro atoms. The van der Waals surface area contributed by atoms with Crippen molar-refractivity contribution in [2.24, 2.45) is 5.73 Å². The summed E-state index contributed by atoms with van der Waals surface area (Å²) in [6.45, 7) is 3.35. The van der Waals surface area contributed by atoms with E-state index in [4.69, 9.17) is 10.2 Å². The molecule has 0 radical (unpaired) electrons. The number of benzene rings is 1. The van der Waals surface area contributed by atoms with Gasteiger partial charge in [-0.2, -0.15) is 0 Å². The van der Waals surface area contributed by atoms with Gasteiger partial charge in [-0.25, -0.2) is 0 Å². The summed E-state index contributed by atoms with van der Waals surface area (Å²) in [5, 5.41) is 0. The highest BCUT2D eigenvalue weighted by atomic mass is 16.4. The van der Waals surface area contributed by atoms with Crippen LogP contribution in [0, 0.1) is 6.92 Å². The molecular formula is C14H18N2O. The van der Waals surface area contributed by atoms with Gasteiger partial charge in [0.1, 0.15) is 5.76 Å². The normalized spacial score (nSPS) is 10.5. The molecule has 0 unspecified atom stereocenters. The van der Waals surface area contributed by atoms with E-state index in [1.165, 1.54) is 5.56 Å². The van der Waals surface area contributed by atoms with Gasteiger partial charge >= 0.3 is 0 Å². The van der Waals surface area contributed by atoms with Gasteiger partial charge in [-0.05, 0) is 24.1 Å². The summed E-state index contributed by atoms with van der Waals surface area (Å²) >= 11 is 0. The van der Waals surface area contributed by atoms with Crippen LogP contribution in [0.25, 0.3) is 0 Å². The van der Waals surface area contributed by atoms with Crippen LogP contribution >= 0.6 is 0 Å². The van der Waals surface area contributed by atoms with Crippen molar-refractivity contribution in [3.05, 3.63) is 53.3 Å². The van der Waals surface area contributed by atoms with Crippen molar-refractivity contribution < 1.29 is 4.42 Å². The van der Waals surface area contributed by atoms with Crippen LogP contribution in [-0.2, 0) is 13.1 Å². The lowest BCUT2D eigenvalue weighted by Crippen LogP contribution is -2.15. The fourth-order valence-electron chi connectivity index (χ4n) is 1.83. The molecule has 2 aromatic rings. The molecule has 1 aromatic carbocycles. The van der Waals surface area contributed by atoms with Crippen LogP contribution in [-0.4, -0.2) is 7.05 Å². The summed E-state index contributed by atoms with van der Waals surface area (Å²) in [4.78, 5) is 2.09. The lowest BCUT2D eigenvalue weighted by atomic mass is 10.1. The summed E-state index contributed by atoms with van der Waals surface area (Å²) < 4.78 is 5.58. The number of rotatable bonds is 4. The van der Waals surface area contributed by atoms with Crippen molar-refractivity contribution >= 4 is 5.88 Å². The van der Waals surface area contributed by atoms with Gasteiger partial charge in [-0.1, -0.05) is 24.3 Å². The Morgan fingerprint density at radius 1 is 1.18 bits per heavy atom. The molecule has 3 heteroatoms. The Morgan fingerprint density at radius 3 is 2.59 bits per heavy atom. The first-order valence-electron chi connectivity index (χ1n) is 5.74. The average Bonchev–Trinajstić information content (AvgIpc) is 2.76. The number of hydrogen-bond acceptors (Lipinski definition) is 3. The van der Waals surface area contributed by atoms with E-state index in [9.17, 15) is 0 Å². The Balaban J connectivity index is 2.09. The summed E-state index contributed by atoms with van der Waals surface area (Å²) in [7, 11) is 2.02. The Hall–Kier alpha value is -1.74. The average molecular weight is 230 g/mol. The smallest absolute Gasteiger partial charge is 0.195 e. The van der Waals surface area contributed by atoms with E-state index in [-0.39, 0.29) is 0 Å². The standard InChI is InChI=1S/C14H18N2O/c1-11-6-7-14(17-11)16(2)10-13-5-3-4-12(8-13)9-15/h3-8H,9-10,15H2,1-2H3. The summed E-state index contributed by atoms with van der Waals surface area (Å²) in [5.74, 6) is 1.82. The first-order chi connectivity index (χ1) is 8.19. The van der Waals surface area contributed by atoms with Crippen molar-refractivity contribution in [2.45, 2.75) is 20.0 Å². The van der Waals surface area contributed by atoms with E-state index >= 15 is 0 Å². The predicted molar refractivity (Wildman–Crippen MR) is 69.9 cm³/mol. The van der Waals surface area contributed by atoms with Crippen LogP contribution in [0.3, 0.4) is 0 Å². The molecule has 0 fully saturated rings. The van der Waals surface area contributed by atoms with E-state index in [1.807, 2.05) is 38.2 Å². The van der Waals surface area contributed by atoms with Crippen LogP contribution in [0.15, 0.2) is 40.8 Å². The zero-order valence-corrected chi connectivity index (χ0v) is 10.3. The molecule has 2 rings (SSSR count). The number of nitrogens with zero attached hydrogens (tertiary/aromatic N) is 1. The van der Waals surface area contributed by atoms with E-state index in [1.54, 1.807) is 0 Å². The molecule has 1 aromatic heterocycles. The summed E-state index contributed by atoms with van der Waals surface area (Å²) in [6.07, 6.45) is 0. The van der Waals surface area contributed by atoms with Gasteiger partial charge in [-0.15, -0.1) is 0 Å². The predicted octanol–water partition coefficient (Wildman–Crippen LogP) is 2.68. The number of nitrogens with two attached hydrogens (primary N) is 1. The topological polar surface area (TPSA) is 42.4 Å². The van der Waals surface area contributed by atoms with Gasteiger partial charge < -0.3 is 15.1 Å². The van der Waals surface area contributed by atoms with Gasteiger partial charge in [0, 0.05) is 26.2 Å². The quantitative estimate of drug-likeness (QED) is 0.878. The SMILES string of the molecule is Cc1ccc(N(C)Cc2cccc(CN)c2)o1. The van der Waals surface area contributed by atoms with E-state index in [2.05, 4.69) is 17.0 Å². The number of aryl methyl sites for hydroxylation is 1. The minimum Gasteiger partial charge on any atom is -0.446 e. The highest BCUT2D eigenvalue weighted by Crippen LogP contribution is 2.18. The van der Waals surface area contributed by atoms with Crippen molar-refractivity contribution in [2.75, 3.05) is 11.9 Å². The van der Waals surface area contributed by atoms with E-state index in [0.717, 1.165) is 23.8 Å². The molecule has 0 aliphatic heterocycles. The van der Waals surface area contributed by atoms with Crippen molar-refractivity contribution in [1.29, 1.82) is 0 Å². The molecule has 0 aliphatic rings. The van der Waals surface area contributed by atoms with Gasteiger partial charge in [-0.3, -0.25) is 0 Å². The molecule has 0 saturated heterocycles. The Labute approximate surface area is 102 Å². The lowest BCUT2D eigenvalue weighted by Gasteiger charge is -2.16. The summed E-state index contributed by atoms with van der Waals surface area (Å²) in [6, 6.07) is 12.3. The maximum atomic E-state index is 5.63. The van der Waals surface area contributed by atoms with Gasteiger partial charge in [0.25, 0.3) is 0 Å². The molecule has 0 atom stereocenters. The third kappa shape index (κ3) is 2.88. The molecule has 0 saturated carbocycles. The first kappa shape index (κ1) is 11.7. The van der Waals surface area contributed by atoms with Crippen LogP contribution in [0.2, 0.25) is 0 Å². The number of furan rings is 1. The number of anilines is 1. The summed E-state index contributed by atoms with van der Waals surface area (Å²) in [5.41, 5.74) is 8.03. The van der Waals surface area contributed by atoms with Crippen molar-refractivity contribution in [1.82, 2.24) is 0 Å². The van der Waals surface area contributed by atoms with Crippen LogP contribution < -0.4 is 10.6 Å². The molecule has 3 nitrogen and oxygen atoms in total. The first-order valence-corrected chi connectivity index (χ1v) is 5.74. The highest BCUT2D eigenvalue weighted by Gasteiger charge is 2.06. The van der Waals surface area contributed by atoms with Gasteiger partial charge in [0.15, 0.2) is 5.88 Å². The maximum Gasteiger partial charge on any atom is 0.195 e. The molecule has 0 bridgehead atoms. The molecule has 1 heterocycles. The lowest BCUT2D eigenvalue weighted by molar-refractivity contribution is 0.525. The molecule has 17 heavy (non-hydrogen) atoms. The molecule has 90 valence electrons. The fraction of sp³-hybridized carbons (Fsp3) is 0.286. The monoisotopic (exact) mass is 230 g/mol. The third-order valence-corrected chi connectivity index (χ3v) is 2.75. The van der Waals surface area contributed by atoms with E-state index in [0.29, 0.717) is 6.54 Å². The van der Waals surface area contributed by atoms with Crippen LogP contribution in [0.1, 0.15) is 16.9 Å². The largest absolute Gasteiger partial charge is 0.446 e. The zero-order valence-electron chi connectivity index (χ0n) is 10.3. The number of hydrogen-bond donors (Lipinski definition) is 1. The second-order valence-corrected chi connectivity index (χ2v) is 4.26. The Kier molecular flexibility index (Phi) is 3.49. The maximum absolute atomic E-state index is 5.63. The molecular weight excluding hydrogens is 212 g/mol. The Morgan fingerprint density at radius 2 is 1.94 bits per heavy atom. The van der Waals surface area contributed by atoms with Gasteiger partial charge in [0.05, 0.1) is 0 Å². The molecule has 2 N–H and O–H groups in total. The van der Waals surface area contributed by atoms with Crippen molar-refractivity contribution in [3.63, 3.8) is 0 Å². The highest BCUT2D eigenvalue weighted by molar-refractivity contribution is 5.37. The Bertz CT molecular complexity index is 490. The minimum atomic E-state index is 0.581. The van der Waals surface area contributed by atoms with Gasteiger partial charge in [0.2, 0.25) is 0 Å². The zero-order chi connectivity index (χ0) is 12.3. The van der Waals surface area contributed by atoms with E-state index < -0.39 is 0 Å². The van der Waals surface area contributed by atoms with Crippen molar-refractivity contribution in [3.8, 4) is 0 Å². The van der Waals surface area contributed by atoms with Crippen LogP contribution in [0.4, 0.5) is 5.88 Å². The molecule has 0 amide bonds. The second kappa shape index (κ2) is 5.06. The minimum absolute atomic E-state index is 0.581. The fourth-order valence-corrected chi connectivity index (χ4v) is 1.83. The third-order valence-electron chi connectivity index (χ3n) is 2.75. The molecule has 0 aliphatic carbocycles. The van der Waals surface area contributed by atoms with Crippen LogP contribution in [0.5, 0.6) is 0 Å². The second-order valence-electron chi connectivity index (χ2n) is 4.26.